The van der Waals surface area contributed by atoms with Gasteiger partial charge in [0.15, 0.2) is 0 Å². The molecule has 1 saturated carbocycles. The molecule has 2 bridgehead atoms. The number of fused-ring (bicyclic) bond motifs is 3. The van der Waals surface area contributed by atoms with Gasteiger partial charge in [-0.25, -0.2) is 4.79 Å². The van der Waals surface area contributed by atoms with Crippen LogP contribution in [0.4, 0.5) is 4.79 Å². The van der Waals surface area contributed by atoms with Crippen molar-refractivity contribution in [3.8, 4) is 0 Å². The van der Waals surface area contributed by atoms with E-state index >= 15 is 0 Å². The fraction of sp³-hybridized carbons (Fsp3) is 0.958. The van der Waals surface area contributed by atoms with Crippen molar-refractivity contribution in [2.75, 3.05) is 13.1 Å². The Labute approximate surface area is 168 Å². The predicted molar refractivity (Wildman–Crippen MR) is 114 cm³/mol. The molecule has 1 saturated heterocycles. The summed E-state index contributed by atoms with van der Waals surface area (Å²) in [6.07, 6.45) is 20.2. The second kappa shape index (κ2) is 12.0. The lowest BCUT2D eigenvalue weighted by Gasteiger charge is -2.29. The zero-order valence-electron chi connectivity index (χ0n) is 18.4. The van der Waals surface area contributed by atoms with Gasteiger partial charge in [0.2, 0.25) is 0 Å². The quantitative estimate of drug-likeness (QED) is 0.441. The Morgan fingerprint density at radius 3 is 1.70 bits per heavy atom. The van der Waals surface area contributed by atoms with Crippen molar-refractivity contribution in [2.45, 2.75) is 123 Å². The highest BCUT2D eigenvalue weighted by atomic mass is 16.6. The SMILES string of the molecule is CC(C)(C)OC(=O)N1CCCCCCC2CCCCCCCC(CC2)CC1. The van der Waals surface area contributed by atoms with Crippen molar-refractivity contribution in [1.29, 1.82) is 0 Å². The molecule has 1 amide bonds. The number of carbonyl (C=O) groups excluding carboxylic acids is 1. The summed E-state index contributed by atoms with van der Waals surface area (Å²) >= 11 is 0. The molecule has 1 aliphatic carbocycles. The molecule has 3 heteroatoms. The summed E-state index contributed by atoms with van der Waals surface area (Å²) < 4.78 is 5.69. The average molecular weight is 380 g/mol. The van der Waals surface area contributed by atoms with E-state index in [4.69, 9.17) is 4.74 Å². The van der Waals surface area contributed by atoms with Crippen LogP contribution in [0, 0.1) is 11.8 Å². The monoisotopic (exact) mass is 379 g/mol. The summed E-state index contributed by atoms with van der Waals surface area (Å²) in [4.78, 5) is 14.7. The first-order valence-corrected chi connectivity index (χ1v) is 11.9. The summed E-state index contributed by atoms with van der Waals surface area (Å²) in [6, 6.07) is 0. The molecule has 3 nitrogen and oxygen atoms in total. The zero-order chi connectivity index (χ0) is 19.5. The number of hydrogen-bond acceptors (Lipinski definition) is 2. The van der Waals surface area contributed by atoms with Crippen LogP contribution >= 0.6 is 0 Å². The predicted octanol–water partition coefficient (Wildman–Crippen LogP) is 7.33. The third-order valence-corrected chi connectivity index (χ3v) is 6.46. The molecular weight excluding hydrogens is 334 g/mol. The van der Waals surface area contributed by atoms with Gasteiger partial charge in [-0.1, -0.05) is 83.5 Å². The number of nitrogens with zero attached hydrogens (tertiary/aromatic N) is 1. The van der Waals surface area contributed by atoms with E-state index in [1.807, 2.05) is 25.7 Å². The normalized spacial score (nSPS) is 27.6. The van der Waals surface area contributed by atoms with Gasteiger partial charge in [-0.05, 0) is 45.4 Å². The van der Waals surface area contributed by atoms with E-state index in [1.54, 1.807) is 0 Å². The van der Waals surface area contributed by atoms with E-state index < -0.39 is 5.60 Å². The molecule has 2 fully saturated rings. The molecule has 0 radical (unpaired) electrons. The number of rotatable bonds is 0. The molecule has 2 atom stereocenters. The Morgan fingerprint density at radius 1 is 0.667 bits per heavy atom. The molecule has 0 aromatic carbocycles. The molecule has 0 aromatic rings. The molecular formula is C24H45NO2. The number of ether oxygens (including phenoxy) is 1. The fourth-order valence-corrected chi connectivity index (χ4v) is 4.78. The molecule has 0 spiro atoms. The van der Waals surface area contributed by atoms with Gasteiger partial charge in [0, 0.05) is 13.1 Å². The smallest absolute Gasteiger partial charge is 0.410 e. The van der Waals surface area contributed by atoms with Gasteiger partial charge in [-0.2, -0.15) is 0 Å². The van der Waals surface area contributed by atoms with Crippen LogP contribution in [-0.4, -0.2) is 29.7 Å². The lowest BCUT2D eigenvalue weighted by atomic mass is 9.86. The third-order valence-electron chi connectivity index (χ3n) is 6.46. The van der Waals surface area contributed by atoms with Gasteiger partial charge in [-0.15, -0.1) is 0 Å². The maximum absolute atomic E-state index is 12.7. The van der Waals surface area contributed by atoms with Crippen LogP contribution < -0.4 is 0 Å². The summed E-state index contributed by atoms with van der Waals surface area (Å²) in [7, 11) is 0. The van der Waals surface area contributed by atoms with Gasteiger partial charge >= 0.3 is 6.09 Å². The standard InChI is InChI=1S/C24H45NO2/c1-24(2,3)27-23(26)25-19-12-8-7-11-14-21-13-9-5-4-6-10-15-22(17-16-21)18-20-25/h21-22H,4-20H2,1-3H3. The molecule has 2 rings (SSSR count). The highest BCUT2D eigenvalue weighted by Crippen LogP contribution is 2.30. The molecule has 0 aromatic heterocycles. The minimum atomic E-state index is -0.403. The van der Waals surface area contributed by atoms with Gasteiger partial charge in [0.1, 0.15) is 5.60 Å². The molecule has 1 aliphatic heterocycles. The molecule has 0 N–H and O–H groups in total. The summed E-state index contributed by atoms with van der Waals surface area (Å²) in [5.41, 5.74) is -0.403. The van der Waals surface area contributed by atoms with Gasteiger partial charge in [0.25, 0.3) is 0 Å². The second-order valence-corrected chi connectivity index (χ2v) is 10.1. The van der Waals surface area contributed by atoms with Crippen LogP contribution in [0.3, 0.4) is 0 Å². The van der Waals surface area contributed by atoms with Crippen LogP contribution in [0.15, 0.2) is 0 Å². The van der Waals surface area contributed by atoms with Crippen molar-refractivity contribution in [3.63, 3.8) is 0 Å². The van der Waals surface area contributed by atoms with Crippen LogP contribution in [-0.2, 0) is 4.74 Å². The average Bonchev–Trinajstić information content (AvgIpc) is 2.62. The Balaban J connectivity index is 2.00. The molecule has 1 heterocycles. The fourth-order valence-electron chi connectivity index (χ4n) is 4.78. The molecule has 2 unspecified atom stereocenters. The maximum atomic E-state index is 12.7. The van der Waals surface area contributed by atoms with Crippen molar-refractivity contribution in [3.05, 3.63) is 0 Å². The largest absolute Gasteiger partial charge is 0.444 e. The van der Waals surface area contributed by atoms with Crippen molar-refractivity contribution < 1.29 is 9.53 Å². The van der Waals surface area contributed by atoms with E-state index in [0.717, 1.165) is 37.8 Å². The van der Waals surface area contributed by atoms with Crippen LogP contribution in [0.2, 0.25) is 0 Å². The van der Waals surface area contributed by atoms with Crippen LogP contribution in [0.25, 0.3) is 0 Å². The van der Waals surface area contributed by atoms with E-state index in [9.17, 15) is 4.79 Å². The molecule has 158 valence electrons. The van der Waals surface area contributed by atoms with E-state index in [1.165, 1.54) is 83.5 Å². The Morgan fingerprint density at radius 2 is 1.15 bits per heavy atom. The highest BCUT2D eigenvalue weighted by Gasteiger charge is 2.23. The second-order valence-electron chi connectivity index (χ2n) is 10.1. The first-order chi connectivity index (χ1) is 12.9. The third kappa shape index (κ3) is 9.85. The summed E-state index contributed by atoms with van der Waals surface area (Å²) in [5, 5.41) is 0. The van der Waals surface area contributed by atoms with Crippen molar-refractivity contribution in [2.24, 2.45) is 11.8 Å². The first kappa shape index (κ1) is 22.6. The zero-order valence-corrected chi connectivity index (χ0v) is 18.4. The highest BCUT2D eigenvalue weighted by molar-refractivity contribution is 5.68. The Hall–Kier alpha value is -0.730. The first-order valence-electron chi connectivity index (χ1n) is 11.9. The van der Waals surface area contributed by atoms with E-state index in [2.05, 4.69) is 0 Å². The van der Waals surface area contributed by atoms with Crippen molar-refractivity contribution in [1.82, 2.24) is 4.90 Å². The van der Waals surface area contributed by atoms with Crippen LogP contribution in [0.5, 0.6) is 0 Å². The minimum absolute atomic E-state index is 0.105. The number of amides is 1. The Bertz CT molecular complexity index is 415. The van der Waals surface area contributed by atoms with E-state index in [-0.39, 0.29) is 6.09 Å². The lowest BCUT2D eigenvalue weighted by Crippen LogP contribution is -2.38. The van der Waals surface area contributed by atoms with Crippen molar-refractivity contribution >= 4 is 6.09 Å². The Kier molecular flexibility index (Phi) is 10.00. The maximum Gasteiger partial charge on any atom is 0.410 e. The minimum Gasteiger partial charge on any atom is -0.444 e. The summed E-state index contributed by atoms with van der Waals surface area (Å²) in [5.74, 6) is 1.74. The topological polar surface area (TPSA) is 29.5 Å². The number of hydrogen-bond donors (Lipinski definition) is 0. The lowest BCUT2D eigenvalue weighted by molar-refractivity contribution is 0.0235. The van der Waals surface area contributed by atoms with Gasteiger partial charge in [0.05, 0.1) is 0 Å². The molecule has 2 aliphatic rings. The van der Waals surface area contributed by atoms with E-state index in [0.29, 0.717) is 0 Å². The van der Waals surface area contributed by atoms with Crippen LogP contribution in [0.1, 0.15) is 117 Å². The number of carbonyl (C=O) groups is 1. The van der Waals surface area contributed by atoms with Gasteiger partial charge < -0.3 is 9.64 Å². The molecule has 27 heavy (non-hydrogen) atoms. The summed E-state index contributed by atoms with van der Waals surface area (Å²) in [6.45, 7) is 7.65. The van der Waals surface area contributed by atoms with Gasteiger partial charge in [-0.3, -0.25) is 0 Å².